The molecule has 1 unspecified atom stereocenters. The van der Waals surface area contributed by atoms with Crippen molar-refractivity contribution >= 4 is 17.3 Å². The maximum absolute atomic E-state index is 11.0. The van der Waals surface area contributed by atoms with Crippen LogP contribution in [0.3, 0.4) is 0 Å². The average molecular weight is 261 g/mol. The summed E-state index contributed by atoms with van der Waals surface area (Å²) in [4.78, 5) is 15.5. The van der Waals surface area contributed by atoms with E-state index in [0.29, 0.717) is 12.8 Å². The van der Waals surface area contributed by atoms with E-state index in [1.165, 1.54) is 11.3 Å². The van der Waals surface area contributed by atoms with Crippen LogP contribution in [0, 0.1) is 5.92 Å². The van der Waals surface area contributed by atoms with Crippen LogP contribution >= 0.6 is 11.3 Å². The van der Waals surface area contributed by atoms with Crippen molar-refractivity contribution in [2.45, 2.75) is 19.8 Å². The van der Waals surface area contributed by atoms with E-state index in [9.17, 15) is 4.79 Å². The van der Waals surface area contributed by atoms with Gasteiger partial charge in [0.15, 0.2) is 0 Å². The lowest BCUT2D eigenvalue weighted by atomic mass is 10.0. The molecule has 1 N–H and O–H groups in total. The van der Waals surface area contributed by atoms with Gasteiger partial charge in [0.1, 0.15) is 0 Å². The van der Waals surface area contributed by atoms with Crippen LogP contribution in [-0.4, -0.2) is 16.1 Å². The minimum Gasteiger partial charge on any atom is -0.481 e. The molecule has 1 aromatic heterocycles. The van der Waals surface area contributed by atoms with Gasteiger partial charge in [-0.05, 0) is 6.42 Å². The molecule has 0 aliphatic heterocycles. The second kappa shape index (κ2) is 5.78. The summed E-state index contributed by atoms with van der Waals surface area (Å²) in [5.74, 6) is -1.08. The Bertz CT molecular complexity index is 522. The van der Waals surface area contributed by atoms with E-state index in [0.717, 1.165) is 16.3 Å². The number of carbonyl (C=O) groups is 1. The lowest BCUT2D eigenvalue weighted by molar-refractivity contribution is -0.141. The molecule has 1 aromatic carbocycles. The maximum atomic E-state index is 11.0. The van der Waals surface area contributed by atoms with E-state index in [1.54, 1.807) is 0 Å². The zero-order valence-electron chi connectivity index (χ0n) is 10.2. The van der Waals surface area contributed by atoms with Gasteiger partial charge in [-0.15, -0.1) is 11.3 Å². The van der Waals surface area contributed by atoms with Gasteiger partial charge in [-0.2, -0.15) is 0 Å². The predicted octanol–water partition coefficient (Wildman–Crippen LogP) is 3.46. The van der Waals surface area contributed by atoms with Crippen molar-refractivity contribution in [3.8, 4) is 11.3 Å². The fourth-order valence-electron chi connectivity index (χ4n) is 1.76. The number of hydrogen-bond donors (Lipinski definition) is 1. The van der Waals surface area contributed by atoms with Crippen LogP contribution in [0.25, 0.3) is 11.3 Å². The molecule has 0 saturated heterocycles. The monoisotopic (exact) mass is 261 g/mol. The molecular weight excluding hydrogens is 246 g/mol. The van der Waals surface area contributed by atoms with Crippen molar-refractivity contribution in [2.75, 3.05) is 0 Å². The number of nitrogens with zero attached hydrogens (tertiary/aromatic N) is 1. The molecule has 0 saturated carbocycles. The van der Waals surface area contributed by atoms with Gasteiger partial charge in [0.25, 0.3) is 0 Å². The first-order chi connectivity index (χ1) is 8.70. The first-order valence-corrected chi connectivity index (χ1v) is 6.81. The number of aliphatic carboxylic acids is 1. The molecule has 94 valence electrons. The smallest absolute Gasteiger partial charge is 0.306 e. The van der Waals surface area contributed by atoms with Crippen molar-refractivity contribution in [3.63, 3.8) is 0 Å². The Balaban J connectivity index is 2.14. The van der Waals surface area contributed by atoms with Gasteiger partial charge in [-0.25, -0.2) is 4.98 Å². The zero-order chi connectivity index (χ0) is 13.0. The van der Waals surface area contributed by atoms with Gasteiger partial charge >= 0.3 is 5.97 Å². The normalized spacial score (nSPS) is 12.3. The highest BCUT2D eigenvalue weighted by Crippen LogP contribution is 2.23. The van der Waals surface area contributed by atoms with Gasteiger partial charge in [-0.1, -0.05) is 37.3 Å². The Kier molecular flexibility index (Phi) is 4.10. The second-order valence-electron chi connectivity index (χ2n) is 4.14. The molecular formula is C14H15NO2S. The Morgan fingerprint density at radius 1 is 1.39 bits per heavy atom. The fraction of sp³-hybridized carbons (Fsp3) is 0.286. The summed E-state index contributed by atoms with van der Waals surface area (Å²) < 4.78 is 0. The number of hydrogen-bond acceptors (Lipinski definition) is 3. The number of thiazole rings is 1. The molecule has 3 nitrogen and oxygen atoms in total. The first kappa shape index (κ1) is 12.8. The van der Waals surface area contributed by atoms with Crippen molar-refractivity contribution in [3.05, 3.63) is 40.7 Å². The van der Waals surface area contributed by atoms with E-state index < -0.39 is 5.97 Å². The molecule has 0 amide bonds. The maximum Gasteiger partial charge on any atom is 0.306 e. The third-order valence-corrected chi connectivity index (χ3v) is 3.76. The molecule has 2 aromatic rings. The molecule has 0 spiro atoms. The van der Waals surface area contributed by atoms with Crippen LogP contribution in [0.5, 0.6) is 0 Å². The summed E-state index contributed by atoms with van der Waals surface area (Å²) in [6.07, 6.45) is 1.15. The Labute approximate surface area is 110 Å². The highest BCUT2D eigenvalue weighted by molar-refractivity contribution is 7.09. The van der Waals surface area contributed by atoms with Crippen LogP contribution in [-0.2, 0) is 11.2 Å². The number of carboxylic acids is 1. The second-order valence-corrected chi connectivity index (χ2v) is 5.08. The quantitative estimate of drug-likeness (QED) is 0.896. The summed E-state index contributed by atoms with van der Waals surface area (Å²) in [7, 11) is 0. The summed E-state index contributed by atoms with van der Waals surface area (Å²) >= 11 is 1.53. The van der Waals surface area contributed by atoms with E-state index in [4.69, 9.17) is 5.11 Å². The predicted molar refractivity (Wildman–Crippen MR) is 72.7 cm³/mol. The van der Waals surface area contributed by atoms with Gasteiger partial charge in [0.2, 0.25) is 0 Å². The van der Waals surface area contributed by atoms with Crippen molar-refractivity contribution < 1.29 is 9.90 Å². The van der Waals surface area contributed by atoms with Gasteiger partial charge in [-0.3, -0.25) is 4.79 Å². The van der Waals surface area contributed by atoms with Crippen molar-refractivity contribution in [2.24, 2.45) is 5.92 Å². The summed E-state index contributed by atoms with van der Waals surface area (Å²) in [5, 5.41) is 11.9. The molecule has 0 aliphatic carbocycles. The first-order valence-electron chi connectivity index (χ1n) is 5.93. The Morgan fingerprint density at radius 3 is 2.72 bits per heavy atom. The van der Waals surface area contributed by atoms with E-state index in [-0.39, 0.29) is 5.92 Å². The lowest BCUT2D eigenvalue weighted by Crippen LogP contribution is -2.15. The topological polar surface area (TPSA) is 50.2 Å². The highest BCUT2D eigenvalue weighted by Gasteiger charge is 2.17. The van der Waals surface area contributed by atoms with E-state index in [1.807, 2.05) is 42.6 Å². The van der Waals surface area contributed by atoms with E-state index >= 15 is 0 Å². The molecule has 0 bridgehead atoms. The molecule has 1 heterocycles. The lowest BCUT2D eigenvalue weighted by Gasteiger charge is -2.06. The number of benzene rings is 1. The SMILES string of the molecule is CCC(Cc1nc(-c2ccccc2)cs1)C(=O)O. The fourth-order valence-corrected chi connectivity index (χ4v) is 2.65. The molecule has 4 heteroatoms. The average Bonchev–Trinajstić information content (AvgIpc) is 2.85. The molecule has 18 heavy (non-hydrogen) atoms. The van der Waals surface area contributed by atoms with Crippen LogP contribution < -0.4 is 0 Å². The highest BCUT2D eigenvalue weighted by atomic mass is 32.1. The van der Waals surface area contributed by atoms with Crippen LogP contribution in [0.15, 0.2) is 35.7 Å². The third kappa shape index (κ3) is 2.96. The minimum atomic E-state index is -0.742. The third-order valence-electron chi connectivity index (χ3n) is 2.88. The molecule has 2 rings (SSSR count). The van der Waals surface area contributed by atoms with Gasteiger partial charge in [0.05, 0.1) is 16.6 Å². The molecule has 0 aliphatic rings. The van der Waals surface area contributed by atoms with Gasteiger partial charge in [0, 0.05) is 17.4 Å². The van der Waals surface area contributed by atoms with Crippen molar-refractivity contribution in [1.29, 1.82) is 0 Å². The van der Waals surface area contributed by atoms with Gasteiger partial charge < -0.3 is 5.11 Å². The largest absolute Gasteiger partial charge is 0.481 e. The number of rotatable bonds is 5. The van der Waals surface area contributed by atoms with Crippen LogP contribution in [0.2, 0.25) is 0 Å². The van der Waals surface area contributed by atoms with E-state index in [2.05, 4.69) is 4.98 Å². The Morgan fingerprint density at radius 2 is 2.11 bits per heavy atom. The van der Waals surface area contributed by atoms with Crippen LogP contribution in [0.4, 0.5) is 0 Å². The van der Waals surface area contributed by atoms with Crippen molar-refractivity contribution in [1.82, 2.24) is 4.98 Å². The number of aromatic nitrogens is 1. The summed E-state index contributed by atoms with van der Waals surface area (Å²) in [6, 6.07) is 9.93. The van der Waals surface area contributed by atoms with Crippen LogP contribution in [0.1, 0.15) is 18.4 Å². The summed E-state index contributed by atoms with van der Waals surface area (Å²) in [5.41, 5.74) is 2.00. The minimum absolute atomic E-state index is 0.334. The number of carboxylic acid groups (broad SMARTS) is 1. The Hall–Kier alpha value is -1.68. The molecule has 0 radical (unpaired) electrons. The summed E-state index contributed by atoms with van der Waals surface area (Å²) in [6.45, 7) is 1.89. The standard InChI is InChI=1S/C14H15NO2S/c1-2-10(14(16)17)8-13-15-12(9-18-13)11-6-4-3-5-7-11/h3-7,9-10H,2,8H2,1H3,(H,16,17). The zero-order valence-corrected chi connectivity index (χ0v) is 11.0. The molecule has 1 atom stereocenters. The molecule has 0 fully saturated rings.